The first-order valence-electron chi connectivity index (χ1n) is 7.31. The molecule has 112 valence electrons. The average Bonchev–Trinajstić information content (AvgIpc) is 3.13. The summed E-state index contributed by atoms with van der Waals surface area (Å²) < 4.78 is 7.32. The van der Waals surface area contributed by atoms with Gasteiger partial charge < -0.3 is 9.64 Å². The third kappa shape index (κ3) is 2.07. The van der Waals surface area contributed by atoms with Crippen molar-refractivity contribution in [1.29, 1.82) is 0 Å². The van der Waals surface area contributed by atoms with E-state index in [-0.39, 0.29) is 0 Å². The van der Waals surface area contributed by atoms with Crippen molar-refractivity contribution < 1.29 is 4.74 Å². The van der Waals surface area contributed by atoms with Crippen LogP contribution in [0.3, 0.4) is 0 Å². The minimum Gasteiger partial charge on any atom is -0.493 e. The summed E-state index contributed by atoms with van der Waals surface area (Å²) in [5.74, 6) is 1.91. The van der Waals surface area contributed by atoms with Crippen LogP contribution in [0.5, 0.6) is 5.75 Å². The first kappa shape index (κ1) is 13.1. The molecule has 1 aromatic carbocycles. The lowest BCUT2D eigenvalue weighted by Crippen LogP contribution is -2.18. The molecule has 1 aliphatic rings. The largest absolute Gasteiger partial charge is 0.493 e. The van der Waals surface area contributed by atoms with Crippen LogP contribution < -0.4 is 9.64 Å². The molecule has 0 amide bonds. The minimum atomic E-state index is 0.786. The topological polar surface area (TPSA) is 56.1 Å². The zero-order valence-corrected chi connectivity index (χ0v) is 12.7. The van der Waals surface area contributed by atoms with Crippen molar-refractivity contribution in [2.75, 3.05) is 18.6 Å². The number of fused-ring (bicyclic) bond motifs is 2. The fraction of sp³-hybridized carbons (Fsp3) is 0.312. The number of aromatic nitrogens is 4. The van der Waals surface area contributed by atoms with Crippen molar-refractivity contribution in [2.45, 2.75) is 13.0 Å². The van der Waals surface area contributed by atoms with Gasteiger partial charge in [0.2, 0.25) is 0 Å². The van der Waals surface area contributed by atoms with Gasteiger partial charge in [0.15, 0.2) is 5.65 Å². The van der Waals surface area contributed by atoms with E-state index in [1.54, 1.807) is 11.0 Å². The zero-order valence-electron chi connectivity index (χ0n) is 12.7. The van der Waals surface area contributed by atoms with Crippen LogP contribution in [0.15, 0.2) is 30.7 Å². The molecule has 6 nitrogen and oxygen atoms in total. The molecule has 0 fully saturated rings. The second-order valence-corrected chi connectivity index (χ2v) is 5.60. The molecule has 3 heterocycles. The summed E-state index contributed by atoms with van der Waals surface area (Å²) >= 11 is 0. The van der Waals surface area contributed by atoms with E-state index in [2.05, 4.69) is 38.2 Å². The number of ether oxygens (including phenoxy) is 1. The van der Waals surface area contributed by atoms with Gasteiger partial charge >= 0.3 is 0 Å². The summed E-state index contributed by atoms with van der Waals surface area (Å²) in [7, 11) is 3.93. The molecule has 6 heteroatoms. The Hall–Kier alpha value is -2.63. The predicted molar refractivity (Wildman–Crippen MR) is 84.1 cm³/mol. The first-order valence-corrected chi connectivity index (χ1v) is 7.31. The minimum absolute atomic E-state index is 0.786. The van der Waals surface area contributed by atoms with E-state index in [0.29, 0.717) is 0 Å². The van der Waals surface area contributed by atoms with Gasteiger partial charge in [0.25, 0.3) is 0 Å². The Bertz CT molecular complexity index is 842. The van der Waals surface area contributed by atoms with Crippen molar-refractivity contribution >= 4 is 16.9 Å². The number of hydrogen-bond acceptors (Lipinski definition) is 5. The van der Waals surface area contributed by atoms with Crippen LogP contribution in [0.1, 0.15) is 11.1 Å². The van der Waals surface area contributed by atoms with Crippen molar-refractivity contribution in [3.05, 3.63) is 41.9 Å². The number of aryl methyl sites for hydroxylation is 1. The van der Waals surface area contributed by atoms with Crippen LogP contribution in [0.2, 0.25) is 0 Å². The molecule has 0 saturated heterocycles. The summed E-state index contributed by atoms with van der Waals surface area (Å²) in [6, 6.07) is 6.40. The summed E-state index contributed by atoms with van der Waals surface area (Å²) in [6.07, 6.45) is 4.40. The number of anilines is 1. The molecule has 4 rings (SSSR count). The van der Waals surface area contributed by atoms with Gasteiger partial charge in [0.1, 0.15) is 17.9 Å². The second kappa shape index (κ2) is 4.98. The normalized spacial score (nSPS) is 13.2. The van der Waals surface area contributed by atoms with Gasteiger partial charge in [-0.3, -0.25) is 4.68 Å². The molecule has 0 spiro atoms. The van der Waals surface area contributed by atoms with Gasteiger partial charge in [-0.05, 0) is 17.2 Å². The molecule has 22 heavy (non-hydrogen) atoms. The van der Waals surface area contributed by atoms with Crippen LogP contribution in [-0.2, 0) is 20.0 Å². The van der Waals surface area contributed by atoms with Crippen molar-refractivity contribution in [1.82, 2.24) is 19.7 Å². The van der Waals surface area contributed by atoms with E-state index < -0.39 is 0 Å². The highest BCUT2D eigenvalue weighted by molar-refractivity contribution is 5.86. The van der Waals surface area contributed by atoms with Gasteiger partial charge in [-0.15, -0.1) is 0 Å². The summed E-state index contributed by atoms with van der Waals surface area (Å²) in [5, 5.41) is 5.23. The predicted octanol–water partition coefficient (Wildman–Crippen LogP) is 1.93. The SMILES string of the molecule is CN(Cc1ccc2c(c1)CCO2)c1ncnc2c1cnn2C. The van der Waals surface area contributed by atoms with Crippen LogP contribution in [-0.4, -0.2) is 33.4 Å². The van der Waals surface area contributed by atoms with Crippen LogP contribution >= 0.6 is 0 Å². The lowest BCUT2D eigenvalue weighted by molar-refractivity contribution is 0.357. The Kier molecular flexibility index (Phi) is 2.96. The Morgan fingerprint density at radius 1 is 1.32 bits per heavy atom. The van der Waals surface area contributed by atoms with Gasteiger partial charge in [0, 0.05) is 27.1 Å². The molecule has 2 aromatic heterocycles. The molecule has 0 radical (unpaired) electrons. The third-order valence-corrected chi connectivity index (χ3v) is 4.04. The van der Waals surface area contributed by atoms with Crippen LogP contribution in [0, 0.1) is 0 Å². The zero-order chi connectivity index (χ0) is 15.1. The number of hydrogen-bond donors (Lipinski definition) is 0. The molecule has 0 bridgehead atoms. The van der Waals surface area contributed by atoms with Crippen LogP contribution in [0.4, 0.5) is 5.82 Å². The molecular weight excluding hydrogens is 278 g/mol. The molecule has 0 atom stereocenters. The van der Waals surface area contributed by atoms with Crippen molar-refractivity contribution in [2.24, 2.45) is 7.05 Å². The lowest BCUT2D eigenvalue weighted by atomic mass is 10.1. The highest BCUT2D eigenvalue weighted by Gasteiger charge is 2.15. The van der Waals surface area contributed by atoms with E-state index >= 15 is 0 Å². The average molecular weight is 295 g/mol. The highest BCUT2D eigenvalue weighted by Crippen LogP contribution is 2.27. The Labute approximate surface area is 128 Å². The fourth-order valence-corrected chi connectivity index (χ4v) is 2.94. The first-order chi connectivity index (χ1) is 10.7. The molecule has 0 N–H and O–H groups in total. The monoisotopic (exact) mass is 295 g/mol. The quantitative estimate of drug-likeness (QED) is 0.739. The van der Waals surface area contributed by atoms with E-state index in [9.17, 15) is 0 Å². The van der Waals surface area contributed by atoms with Gasteiger partial charge in [0.05, 0.1) is 18.2 Å². The Balaban J connectivity index is 1.65. The molecule has 0 aliphatic carbocycles. The van der Waals surface area contributed by atoms with Crippen molar-refractivity contribution in [3.8, 4) is 5.75 Å². The van der Waals surface area contributed by atoms with Crippen molar-refractivity contribution in [3.63, 3.8) is 0 Å². The maximum absolute atomic E-state index is 5.56. The number of nitrogens with zero attached hydrogens (tertiary/aromatic N) is 5. The Morgan fingerprint density at radius 2 is 2.23 bits per heavy atom. The molecule has 1 aliphatic heterocycles. The maximum atomic E-state index is 5.56. The third-order valence-electron chi connectivity index (χ3n) is 4.04. The highest BCUT2D eigenvalue weighted by atomic mass is 16.5. The second-order valence-electron chi connectivity index (χ2n) is 5.60. The van der Waals surface area contributed by atoms with E-state index in [1.807, 2.05) is 20.3 Å². The molecule has 0 saturated carbocycles. The van der Waals surface area contributed by atoms with E-state index in [4.69, 9.17) is 4.74 Å². The van der Waals surface area contributed by atoms with Gasteiger partial charge in [-0.2, -0.15) is 5.10 Å². The summed E-state index contributed by atoms with van der Waals surface area (Å²) in [4.78, 5) is 10.8. The standard InChI is InChI=1S/C16H17N5O/c1-20(9-11-3-4-14-12(7-11)5-6-22-14)15-13-8-19-21(2)16(13)18-10-17-15/h3-4,7-8,10H,5-6,9H2,1-2H3. The van der Waals surface area contributed by atoms with Crippen LogP contribution in [0.25, 0.3) is 11.0 Å². The number of benzene rings is 1. The van der Waals surface area contributed by atoms with E-state index in [0.717, 1.165) is 42.2 Å². The maximum Gasteiger partial charge on any atom is 0.163 e. The summed E-state index contributed by atoms with van der Waals surface area (Å²) in [6.45, 7) is 1.57. The van der Waals surface area contributed by atoms with Gasteiger partial charge in [-0.1, -0.05) is 12.1 Å². The fourth-order valence-electron chi connectivity index (χ4n) is 2.94. The smallest absolute Gasteiger partial charge is 0.163 e. The Morgan fingerprint density at radius 3 is 3.14 bits per heavy atom. The van der Waals surface area contributed by atoms with E-state index in [1.165, 1.54) is 11.1 Å². The molecule has 0 unspecified atom stereocenters. The molecule has 3 aromatic rings. The molecular formula is C16H17N5O. The number of rotatable bonds is 3. The lowest BCUT2D eigenvalue weighted by Gasteiger charge is -2.19. The summed E-state index contributed by atoms with van der Waals surface area (Å²) in [5.41, 5.74) is 3.39. The van der Waals surface area contributed by atoms with Gasteiger partial charge in [-0.25, -0.2) is 9.97 Å².